The van der Waals surface area contributed by atoms with Gasteiger partial charge in [0.2, 0.25) is 0 Å². The lowest BCUT2D eigenvalue weighted by Crippen LogP contribution is -2.26. The highest BCUT2D eigenvalue weighted by atomic mass is 32.2. The number of benzene rings is 1. The van der Waals surface area contributed by atoms with Crippen molar-refractivity contribution < 1.29 is 14.3 Å². The number of ether oxygens (including phenoxy) is 1. The Morgan fingerprint density at radius 2 is 2.24 bits per heavy atom. The van der Waals surface area contributed by atoms with Gasteiger partial charge in [-0.2, -0.15) is 0 Å². The number of Topliss-reactive ketones (excluding diaryl/α,β-unsaturated/α-hetero) is 1. The van der Waals surface area contributed by atoms with Gasteiger partial charge in [0.1, 0.15) is 5.92 Å². The molecular formula is C13H14O3S. The summed E-state index contributed by atoms with van der Waals surface area (Å²) in [6.07, 6.45) is 0.553. The maximum absolute atomic E-state index is 12.2. The molecule has 0 saturated heterocycles. The van der Waals surface area contributed by atoms with Crippen LogP contribution in [0.2, 0.25) is 0 Å². The van der Waals surface area contributed by atoms with Crippen molar-refractivity contribution in [3.63, 3.8) is 0 Å². The Bertz CT molecular complexity index is 442. The first-order valence-electron chi connectivity index (χ1n) is 5.66. The molecule has 2 rings (SSSR count). The molecule has 0 radical (unpaired) electrons. The largest absolute Gasteiger partial charge is 0.465 e. The molecule has 90 valence electrons. The van der Waals surface area contributed by atoms with Gasteiger partial charge in [-0.05, 0) is 25.2 Å². The van der Waals surface area contributed by atoms with E-state index in [1.807, 2.05) is 18.2 Å². The molecule has 0 amide bonds. The number of hydrogen-bond donors (Lipinski definition) is 0. The highest BCUT2D eigenvalue weighted by Gasteiger charge is 2.32. The van der Waals surface area contributed by atoms with Gasteiger partial charge in [-0.15, -0.1) is 11.8 Å². The first-order valence-corrected chi connectivity index (χ1v) is 6.65. The van der Waals surface area contributed by atoms with Gasteiger partial charge in [-0.25, -0.2) is 0 Å². The Hall–Kier alpha value is -1.29. The molecular weight excluding hydrogens is 236 g/mol. The van der Waals surface area contributed by atoms with E-state index in [9.17, 15) is 9.59 Å². The Morgan fingerprint density at radius 3 is 3.00 bits per heavy atom. The molecule has 4 heteroatoms. The monoisotopic (exact) mass is 250 g/mol. The van der Waals surface area contributed by atoms with E-state index in [2.05, 4.69) is 0 Å². The third-order valence-corrected chi connectivity index (χ3v) is 3.81. The quantitative estimate of drug-likeness (QED) is 0.597. The molecule has 0 saturated carbocycles. The van der Waals surface area contributed by atoms with E-state index < -0.39 is 11.9 Å². The average molecular weight is 250 g/mol. The normalized spacial score (nSPS) is 19.4. The second-order valence-corrected chi connectivity index (χ2v) is 4.94. The lowest BCUT2D eigenvalue weighted by molar-refractivity contribution is -0.146. The van der Waals surface area contributed by atoms with Gasteiger partial charge in [0.15, 0.2) is 5.78 Å². The van der Waals surface area contributed by atoms with Crippen LogP contribution in [0.3, 0.4) is 0 Å². The standard InChI is InChI=1S/C13H14O3S/c1-2-16-13(15)10-7-8-17-11-6-4-3-5-9(11)12(10)14/h3-6,10H,2,7-8H2,1H3. The number of rotatable bonds is 2. The molecule has 0 aliphatic carbocycles. The van der Waals surface area contributed by atoms with Crippen molar-refractivity contribution in [1.29, 1.82) is 0 Å². The van der Waals surface area contributed by atoms with Gasteiger partial charge in [0.05, 0.1) is 6.61 Å². The highest BCUT2D eigenvalue weighted by Crippen LogP contribution is 2.31. The molecule has 3 nitrogen and oxygen atoms in total. The molecule has 1 aromatic carbocycles. The second kappa shape index (κ2) is 5.36. The fourth-order valence-electron chi connectivity index (χ4n) is 1.87. The first kappa shape index (κ1) is 12.2. The first-order chi connectivity index (χ1) is 8.24. The fraction of sp³-hybridized carbons (Fsp3) is 0.385. The Morgan fingerprint density at radius 1 is 1.47 bits per heavy atom. The molecule has 1 atom stereocenters. The summed E-state index contributed by atoms with van der Waals surface area (Å²) in [6, 6.07) is 7.43. The Kier molecular flexibility index (Phi) is 3.84. The highest BCUT2D eigenvalue weighted by molar-refractivity contribution is 7.99. The van der Waals surface area contributed by atoms with Crippen molar-refractivity contribution in [1.82, 2.24) is 0 Å². The van der Waals surface area contributed by atoms with Crippen LogP contribution in [-0.2, 0) is 9.53 Å². The van der Waals surface area contributed by atoms with Gasteiger partial charge < -0.3 is 4.74 Å². The Balaban J connectivity index is 2.29. The molecule has 1 heterocycles. The van der Waals surface area contributed by atoms with Crippen LogP contribution >= 0.6 is 11.8 Å². The number of ketones is 1. The zero-order chi connectivity index (χ0) is 12.3. The lowest BCUT2D eigenvalue weighted by Gasteiger charge is -2.11. The molecule has 0 spiro atoms. The SMILES string of the molecule is CCOC(=O)C1CCSc2ccccc2C1=O. The van der Waals surface area contributed by atoms with Crippen LogP contribution in [0.5, 0.6) is 0 Å². The van der Waals surface area contributed by atoms with Crippen LogP contribution < -0.4 is 0 Å². The summed E-state index contributed by atoms with van der Waals surface area (Å²) in [7, 11) is 0. The van der Waals surface area contributed by atoms with Crippen LogP contribution in [0.4, 0.5) is 0 Å². The number of fused-ring (bicyclic) bond motifs is 1. The fourth-order valence-corrected chi connectivity index (χ4v) is 2.94. The molecule has 0 bridgehead atoms. The van der Waals surface area contributed by atoms with E-state index in [1.54, 1.807) is 24.8 Å². The summed E-state index contributed by atoms with van der Waals surface area (Å²) in [4.78, 5) is 24.9. The maximum Gasteiger partial charge on any atom is 0.316 e. The van der Waals surface area contributed by atoms with Crippen molar-refractivity contribution >= 4 is 23.5 Å². The van der Waals surface area contributed by atoms with Crippen molar-refractivity contribution in [2.75, 3.05) is 12.4 Å². The van der Waals surface area contributed by atoms with Crippen molar-refractivity contribution in [3.8, 4) is 0 Å². The smallest absolute Gasteiger partial charge is 0.316 e. The summed E-state index contributed by atoms with van der Waals surface area (Å²) in [6.45, 7) is 2.07. The minimum absolute atomic E-state index is 0.107. The summed E-state index contributed by atoms with van der Waals surface area (Å²) >= 11 is 1.62. The summed E-state index contributed by atoms with van der Waals surface area (Å²) < 4.78 is 4.95. The van der Waals surface area contributed by atoms with Gasteiger partial charge in [0, 0.05) is 10.5 Å². The molecule has 1 unspecified atom stereocenters. The summed E-state index contributed by atoms with van der Waals surface area (Å²) in [5.41, 5.74) is 0.646. The van der Waals surface area contributed by atoms with E-state index in [4.69, 9.17) is 4.74 Å². The molecule has 17 heavy (non-hydrogen) atoms. The molecule has 1 aliphatic rings. The zero-order valence-corrected chi connectivity index (χ0v) is 10.5. The minimum Gasteiger partial charge on any atom is -0.465 e. The molecule has 0 N–H and O–H groups in total. The van der Waals surface area contributed by atoms with Crippen molar-refractivity contribution in [2.24, 2.45) is 5.92 Å². The summed E-state index contributed by atoms with van der Waals surface area (Å²) in [5, 5.41) is 0. The maximum atomic E-state index is 12.2. The van der Waals surface area contributed by atoms with Gasteiger partial charge in [0.25, 0.3) is 0 Å². The number of esters is 1. The van der Waals surface area contributed by atoms with Crippen LogP contribution in [-0.4, -0.2) is 24.1 Å². The van der Waals surface area contributed by atoms with Crippen molar-refractivity contribution in [2.45, 2.75) is 18.2 Å². The predicted molar refractivity (Wildman–Crippen MR) is 66.2 cm³/mol. The molecule has 0 aromatic heterocycles. The van der Waals surface area contributed by atoms with E-state index in [1.165, 1.54) is 0 Å². The minimum atomic E-state index is -0.633. The summed E-state index contributed by atoms with van der Waals surface area (Å²) in [5.74, 6) is -0.364. The third kappa shape index (κ3) is 2.52. The molecule has 0 fully saturated rings. The number of carbonyl (C=O) groups excluding carboxylic acids is 2. The van der Waals surface area contributed by atoms with E-state index in [-0.39, 0.29) is 5.78 Å². The average Bonchev–Trinajstić information content (AvgIpc) is 2.50. The number of hydrogen-bond acceptors (Lipinski definition) is 4. The van der Waals surface area contributed by atoms with Gasteiger partial charge in [-0.1, -0.05) is 18.2 Å². The van der Waals surface area contributed by atoms with E-state index in [0.29, 0.717) is 18.6 Å². The topological polar surface area (TPSA) is 43.4 Å². The Labute approximate surface area is 105 Å². The zero-order valence-electron chi connectivity index (χ0n) is 9.64. The number of thioether (sulfide) groups is 1. The lowest BCUT2D eigenvalue weighted by atomic mass is 9.95. The number of carbonyl (C=O) groups is 2. The van der Waals surface area contributed by atoms with Crippen LogP contribution in [0.1, 0.15) is 23.7 Å². The van der Waals surface area contributed by atoms with Gasteiger partial charge in [-0.3, -0.25) is 9.59 Å². The van der Waals surface area contributed by atoms with Crippen molar-refractivity contribution in [3.05, 3.63) is 29.8 Å². The van der Waals surface area contributed by atoms with Crippen LogP contribution in [0, 0.1) is 5.92 Å². The van der Waals surface area contributed by atoms with Crippen LogP contribution in [0.15, 0.2) is 29.2 Å². The van der Waals surface area contributed by atoms with E-state index >= 15 is 0 Å². The molecule has 1 aromatic rings. The predicted octanol–water partition coefficient (Wildman–Crippen LogP) is 2.54. The third-order valence-electron chi connectivity index (χ3n) is 2.70. The molecule has 1 aliphatic heterocycles. The second-order valence-electron chi connectivity index (χ2n) is 3.80. The van der Waals surface area contributed by atoms with E-state index in [0.717, 1.165) is 10.6 Å². The van der Waals surface area contributed by atoms with Gasteiger partial charge >= 0.3 is 5.97 Å². The van der Waals surface area contributed by atoms with Crippen LogP contribution in [0.25, 0.3) is 0 Å².